The van der Waals surface area contributed by atoms with E-state index in [9.17, 15) is 4.39 Å². The van der Waals surface area contributed by atoms with E-state index < -0.39 is 5.95 Å². The van der Waals surface area contributed by atoms with Crippen LogP contribution in [-0.4, -0.2) is 48.3 Å². The van der Waals surface area contributed by atoms with Crippen LogP contribution in [0.4, 0.5) is 10.2 Å². The normalized spacial score (nSPS) is 11.1. The van der Waals surface area contributed by atoms with E-state index in [-0.39, 0.29) is 0 Å². The number of hydrogen-bond acceptors (Lipinski definition) is 5. The maximum absolute atomic E-state index is 14.5. The van der Waals surface area contributed by atoms with Gasteiger partial charge in [0.1, 0.15) is 23.8 Å². The van der Waals surface area contributed by atoms with Gasteiger partial charge in [0.05, 0.1) is 18.5 Å². The maximum Gasteiger partial charge on any atom is 0.222 e. The van der Waals surface area contributed by atoms with Gasteiger partial charge in [0, 0.05) is 38.0 Å². The van der Waals surface area contributed by atoms with Gasteiger partial charge in [-0.2, -0.15) is 4.39 Å². The van der Waals surface area contributed by atoms with Crippen LogP contribution in [0.1, 0.15) is 13.3 Å². The molecular weight excluding hydrogens is 407 g/mol. The monoisotopic (exact) mass is 434 g/mol. The van der Waals surface area contributed by atoms with Crippen molar-refractivity contribution < 1.29 is 13.9 Å². The van der Waals surface area contributed by atoms with E-state index in [1.807, 2.05) is 73.4 Å². The van der Waals surface area contributed by atoms with E-state index in [0.717, 1.165) is 41.2 Å². The molecule has 0 atom stereocenters. The third-order valence-electron chi connectivity index (χ3n) is 5.05. The zero-order valence-electron chi connectivity index (χ0n) is 18.6. The van der Waals surface area contributed by atoms with Crippen LogP contribution < -0.4 is 9.64 Å². The summed E-state index contributed by atoms with van der Waals surface area (Å²) in [5.74, 6) is 0.870. The molecule has 6 nitrogen and oxygen atoms in total. The third kappa shape index (κ3) is 4.89. The highest BCUT2D eigenvalue weighted by Gasteiger charge is 2.10. The van der Waals surface area contributed by atoms with E-state index in [2.05, 4.69) is 16.9 Å². The van der Waals surface area contributed by atoms with Crippen molar-refractivity contribution in [1.29, 1.82) is 0 Å². The summed E-state index contributed by atoms with van der Waals surface area (Å²) in [6.45, 7) is 3.91. The fraction of sp³-hybridized carbons (Fsp3) is 0.280. The van der Waals surface area contributed by atoms with Crippen LogP contribution in [0.15, 0.2) is 60.9 Å². The van der Waals surface area contributed by atoms with Gasteiger partial charge in [-0.1, -0.05) is 31.2 Å². The molecule has 0 unspecified atom stereocenters. The predicted octanol–water partition coefficient (Wildman–Crippen LogP) is 5.07. The molecule has 0 saturated heterocycles. The Balaban J connectivity index is 1.49. The van der Waals surface area contributed by atoms with Crippen molar-refractivity contribution in [2.75, 3.05) is 38.8 Å². The standard InChI is InChI=1S/C25H27FN4O2/c1-4-13-31-14-15-32-20-9-11-24-27-22(17-30(24)16-20)19-7-5-18(6-8-19)21-10-12-23(29(2)3)28-25(21)26/h5-12,16-17H,4,13-15H2,1-3H3. The number of pyridine rings is 2. The Kier molecular flexibility index (Phi) is 6.66. The second-order valence-corrected chi connectivity index (χ2v) is 7.70. The van der Waals surface area contributed by atoms with E-state index >= 15 is 0 Å². The molecule has 3 aromatic heterocycles. The van der Waals surface area contributed by atoms with Crippen molar-refractivity contribution in [2.45, 2.75) is 13.3 Å². The Labute approximate surface area is 187 Å². The Morgan fingerprint density at radius 1 is 0.875 bits per heavy atom. The van der Waals surface area contributed by atoms with Crippen molar-refractivity contribution in [1.82, 2.24) is 14.4 Å². The van der Waals surface area contributed by atoms with Gasteiger partial charge >= 0.3 is 0 Å². The lowest BCUT2D eigenvalue weighted by Gasteiger charge is -2.12. The lowest BCUT2D eigenvalue weighted by atomic mass is 10.0. The highest BCUT2D eigenvalue weighted by molar-refractivity contribution is 5.70. The summed E-state index contributed by atoms with van der Waals surface area (Å²) < 4.78 is 27.6. The predicted molar refractivity (Wildman–Crippen MR) is 125 cm³/mol. The molecule has 0 aliphatic carbocycles. The number of aromatic nitrogens is 3. The first-order valence-corrected chi connectivity index (χ1v) is 10.7. The van der Waals surface area contributed by atoms with Crippen molar-refractivity contribution in [2.24, 2.45) is 0 Å². The van der Waals surface area contributed by atoms with Crippen LogP contribution in [-0.2, 0) is 4.74 Å². The molecule has 0 bridgehead atoms. The first kappa shape index (κ1) is 21.8. The van der Waals surface area contributed by atoms with Crippen molar-refractivity contribution in [3.8, 4) is 28.1 Å². The zero-order chi connectivity index (χ0) is 22.5. The molecule has 0 N–H and O–H groups in total. The average molecular weight is 435 g/mol. The van der Waals surface area contributed by atoms with E-state index in [1.54, 1.807) is 11.0 Å². The maximum atomic E-state index is 14.5. The average Bonchev–Trinajstić information content (AvgIpc) is 3.22. The Morgan fingerprint density at radius 2 is 1.66 bits per heavy atom. The summed E-state index contributed by atoms with van der Waals surface area (Å²) in [6, 6.07) is 15.1. The largest absolute Gasteiger partial charge is 0.490 e. The smallest absolute Gasteiger partial charge is 0.222 e. The molecule has 0 spiro atoms. The minimum atomic E-state index is -0.482. The SMILES string of the molecule is CCCOCCOc1ccc2nc(-c3ccc(-c4ccc(N(C)C)nc4F)cc3)cn2c1. The molecular formula is C25H27FN4O2. The fourth-order valence-electron chi connectivity index (χ4n) is 3.37. The van der Waals surface area contributed by atoms with Gasteiger partial charge in [0.15, 0.2) is 0 Å². The molecule has 0 aliphatic rings. The van der Waals surface area contributed by atoms with Gasteiger partial charge in [-0.25, -0.2) is 9.97 Å². The number of benzene rings is 1. The van der Waals surface area contributed by atoms with E-state index in [4.69, 9.17) is 9.47 Å². The molecule has 4 rings (SSSR count). The zero-order valence-corrected chi connectivity index (χ0v) is 18.6. The second-order valence-electron chi connectivity index (χ2n) is 7.70. The van der Waals surface area contributed by atoms with Gasteiger partial charge in [-0.3, -0.25) is 0 Å². The summed E-state index contributed by atoms with van der Waals surface area (Å²) in [5.41, 5.74) is 3.86. The van der Waals surface area contributed by atoms with Crippen LogP contribution >= 0.6 is 0 Å². The van der Waals surface area contributed by atoms with Gasteiger partial charge in [-0.05, 0) is 36.2 Å². The van der Waals surface area contributed by atoms with Crippen LogP contribution in [0, 0.1) is 5.95 Å². The minimum Gasteiger partial charge on any atom is -0.490 e. The molecule has 4 aromatic rings. The summed E-state index contributed by atoms with van der Waals surface area (Å²) in [7, 11) is 3.67. The highest BCUT2D eigenvalue weighted by atomic mass is 19.1. The number of anilines is 1. The summed E-state index contributed by atoms with van der Waals surface area (Å²) in [4.78, 5) is 10.5. The van der Waals surface area contributed by atoms with Crippen molar-refractivity contribution >= 4 is 11.5 Å². The Hall–Kier alpha value is -3.45. The molecule has 7 heteroatoms. The van der Waals surface area contributed by atoms with Crippen molar-refractivity contribution in [3.63, 3.8) is 0 Å². The minimum absolute atomic E-state index is 0.474. The highest BCUT2D eigenvalue weighted by Crippen LogP contribution is 2.27. The van der Waals surface area contributed by atoms with Gasteiger partial charge in [0.25, 0.3) is 0 Å². The van der Waals surface area contributed by atoms with E-state index in [1.165, 1.54) is 0 Å². The molecule has 1 aromatic carbocycles. The molecule has 3 heterocycles. The van der Waals surface area contributed by atoms with Gasteiger partial charge in [-0.15, -0.1) is 0 Å². The molecule has 0 radical (unpaired) electrons. The number of nitrogens with zero attached hydrogens (tertiary/aromatic N) is 4. The van der Waals surface area contributed by atoms with E-state index in [0.29, 0.717) is 24.6 Å². The molecule has 0 saturated carbocycles. The topological polar surface area (TPSA) is 51.9 Å². The molecule has 0 fully saturated rings. The summed E-state index contributed by atoms with van der Waals surface area (Å²) in [6.07, 6.45) is 4.87. The first-order valence-electron chi connectivity index (χ1n) is 10.7. The Morgan fingerprint density at radius 3 is 2.38 bits per heavy atom. The van der Waals surface area contributed by atoms with Crippen LogP contribution in [0.5, 0.6) is 5.75 Å². The molecule has 166 valence electrons. The quantitative estimate of drug-likeness (QED) is 0.272. The number of rotatable bonds is 9. The van der Waals surface area contributed by atoms with Crippen LogP contribution in [0.3, 0.4) is 0 Å². The molecule has 32 heavy (non-hydrogen) atoms. The molecule has 0 amide bonds. The summed E-state index contributed by atoms with van der Waals surface area (Å²) in [5, 5.41) is 0. The Bertz CT molecular complexity index is 1190. The number of imidazole rings is 1. The number of fused-ring (bicyclic) bond motifs is 1. The van der Waals surface area contributed by atoms with Gasteiger partial charge in [0.2, 0.25) is 5.95 Å². The van der Waals surface area contributed by atoms with Crippen molar-refractivity contribution in [3.05, 3.63) is 66.9 Å². The summed E-state index contributed by atoms with van der Waals surface area (Å²) >= 11 is 0. The first-order chi connectivity index (χ1) is 15.5. The number of halogens is 1. The second kappa shape index (κ2) is 9.78. The number of ether oxygens (including phenoxy) is 2. The lowest BCUT2D eigenvalue weighted by molar-refractivity contribution is 0.100. The fourth-order valence-corrected chi connectivity index (χ4v) is 3.37. The molecule has 0 aliphatic heterocycles. The van der Waals surface area contributed by atoms with Crippen LogP contribution in [0.2, 0.25) is 0 Å². The number of hydrogen-bond donors (Lipinski definition) is 0. The van der Waals surface area contributed by atoms with Crippen LogP contribution in [0.25, 0.3) is 28.0 Å². The van der Waals surface area contributed by atoms with Gasteiger partial charge < -0.3 is 18.8 Å². The lowest BCUT2D eigenvalue weighted by Crippen LogP contribution is -2.11. The third-order valence-corrected chi connectivity index (χ3v) is 5.05.